The molecule has 0 aliphatic carbocycles. The van der Waals surface area contributed by atoms with Crippen LogP contribution in [0.1, 0.15) is 21.5 Å². The van der Waals surface area contributed by atoms with Crippen molar-refractivity contribution in [3.05, 3.63) is 89.6 Å². The number of anilines is 3. The number of aromatic nitrogens is 3. The lowest BCUT2D eigenvalue weighted by Crippen LogP contribution is -2.37. The molecule has 1 aliphatic rings. The van der Waals surface area contributed by atoms with Gasteiger partial charge in [-0.05, 0) is 84.6 Å². The molecule has 240 valence electrons. The highest BCUT2D eigenvalue weighted by atomic mass is 32.2. The van der Waals surface area contributed by atoms with Crippen LogP contribution >= 0.6 is 0 Å². The molecule has 0 radical (unpaired) electrons. The van der Waals surface area contributed by atoms with Crippen molar-refractivity contribution >= 4 is 50.0 Å². The Kier molecular flexibility index (Phi) is 8.58. The van der Waals surface area contributed by atoms with E-state index >= 15 is 0 Å². The van der Waals surface area contributed by atoms with Crippen LogP contribution in [-0.2, 0) is 14.6 Å². The maximum absolute atomic E-state index is 12.8. The number of sulfone groups is 1. The van der Waals surface area contributed by atoms with E-state index in [2.05, 4.69) is 20.5 Å². The van der Waals surface area contributed by atoms with E-state index in [0.29, 0.717) is 65.8 Å². The van der Waals surface area contributed by atoms with Gasteiger partial charge in [0.25, 0.3) is 0 Å². The molecule has 0 spiro atoms. The zero-order chi connectivity index (χ0) is 33.3. The van der Waals surface area contributed by atoms with Gasteiger partial charge in [-0.3, -0.25) is 10.1 Å². The van der Waals surface area contributed by atoms with Crippen molar-refractivity contribution in [1.29, 1.82) is 0 Å². The average molecular weight is 652 g/mol. The number of nitrogens with zero attached hydrogens (tertiary/aromatic N) is 4. The summed E-state index contributed by atoms with van der Waals surface area (Å²) in [6, 6.07) is 18.8. The van der Waals surface area contributed by atoms with E-state index in [-0.39, 0.29) is 4.90 Å². The molecule has 2 aromatic heterocycles. The predicted octanol–water partition coefficient (Wildman–Crippen LogP) is 4.96. The van der Waals surface area contributed by atoms with Gasteiger partial charge in [0, 0.05) is 47.7 Å². The number of nitrogens with one attached hydrogen (secondary N) is 2. The summed E-state index contributed by atoms with van der Waals surface area (Å²) < 4.78 is 29.9. The summed E-state index contributed by atoms with van der Waals surface area (Å²) >= 11 is 0. The molecule has 12 nitrogen and oxygen atoms in total. The van der Waals surface area contributed by atoms with Gasteiger partial charge in [-0.2, -0.15) is 0 Å². The van der Waals surface area contributed by atoms with Crippen LogP contribution in [0.2, 0.25) is 0 Å². The SMILES string of the molecule is Cc1c(NC(=O)Nc2ccc(-c3nc(N4CCOCC4)c4ccc(-c5cccc(S(C)(=O)=O)c5)cc4n3)cn2)ccc(C(N)=O)c1C. The average Bonchev–Trinajstić information content (AvgIpc) is 3.06. The number of primary amides is 1. The van der Waals surface area contributed by atoms with Gasteiger partial charge in [-0.15, -0.1) is 0 Å². The maximum atomic E-state index is 12.8. The van der Waals surface area contributed by atoms with Crippen LogP contribution in [0.3, 0.4) is 0 Å². The van der Waals surface area contributed by atoms with Crippen molar-refractivity contribution in [2.45, 2.75) is 18.7 Å². The smallest absolute Gasteiger partial charge is 0.324 e. The summed E-state index contributed by atoms with van der Waals surface area (Å²) in [6.45, 7) is 6.07. The van der Waals surface area contributed by atoms with Gasteiger partial charge >= 0.3 is 6.03 Å². The van der Waals surface area contributed by atoms with Gasteiger partial charge in [0.2, 0.25) is 5.91 Å². The molecule has 0 saturated carbocycles. The van der Waals surface area contributed by atoms with Crippen LogP contribution < -0.4 is 21.3 Å². The number of urea groups is 1. The number of nitrogens with two attached hydrogens (primary N) is 1. The van der Waals surface area contributed by atoms with Crippen molar-refractivity contribution < 1.29 is 22.7 Å². The summed E-state index contributed by atoms with van der Waals surface area (Å²) in [4.78, 5) is 41.1. The van der Waals surface area contributed by atoms with E-state index in [4.69, 9.17) is 20.4 Å². The first kappa shape index (κ1) is 31.6. The van der Waals surface area contributed by atoms with Crippen molar-refractivity contribution in [2.75, 3.05) is 48.1 Å². The second-order valence-corrected chi connectivity index (χ2v) is 13.3. The Morgan fingerprint density at radius 1 is 0.872 bits per heavy atom. The molecule has 1 aliphatic heterocycles. The Morgan fingerprint density at radius 2 is 1.62 bits per heavy atom. The molecule has 47 heavy (non-hydrogen) atoms. The highest BCUT2D eigenvalue weighted by Crippen LogP contribution is 2.32. The largest absolute Gasteiger partial charge is 0.378 e. The molecular formula is C34H33N7O5S. The lowest BCUT2D eigenvalue weighted by molar-refractivity contribution is 0.0999. The molecule has 3 amide bonds. The first-order valence-corrected chi connectivity index (χ1v) is 16.8. The number of hydrogen-bond donors (Lipinski definition) is 3. The summed E-state index contributed by atoms with van der Waals surface area (Å²) in [5.74, 6) is 0.999. The number of carbonyl (C=O) groups is 2. The van der Waals surface area contributed by atoms with Crippen LogP contribution in [-0.4, -0.2) is 67.9 Å². The fraction of sp³-hybridized carbons (Fsp3) is 0.206. The fourth-order valence-corrected chi connectivity index (χ4v) is 6.10. The Balaban J connectivity index is 1.30. The lowest BCUT2D eigenvalue weighted by atomic mass is 10.0. The molecule has 1 fully saturated rings. The molecule has 13 heteroatoms. The topological polar surface area (TPSA) is 170 Å². The number of hydrogen-bond acceptors (Lipinski definition) is 9. The lowest BCUT2D eigenvalue weighted by Gasteiger charge is -2.29. The number of rotatable bonds is 7. The number of benzene rings is 3. The second-order valence-electron chi connectivity index (χ2n) is 11.3. The predicted molar refractivity (Wildman–Crippen MR) is 181 cm³/mol. The van der Waals surface area contributed by atoms with Gasteiger partial charge in [0.15, 0.2) is 15.7 Å². The van der Waals surface area contributed by atoms with Crippen LogP contribution in [0, 0.1) is 13.8 Å². The van der Waals surface area contributed by atoms with Crippen molar-refractivity contribution in [3.8, 4) is 22.5 Å². The fourth-order valence-electron chi connectivity index (χ4n) is 5.44. The Bertz CT molecular complexity index is 2130. The van der Waals surface area contributed by atoms with Gasteiger partial charge in [-0.1, -0.05) is 18.2 Å². The Hall–Kier alpha value is -5.40. The minimum atomic E-state index is -3.37. The third kappa shape index (κ3) is 6.76. The second kappa shape index (κ2) is 12.8. The molecule has 0 bridgehead atoms. The number of amides is 3. The molecule has 4 N–H and O–H groups in total. The van der Waals surface area contributed by atoms with Gasteiger partial charge in [0.1, 0.15) is 11.6 Å². The molecule has 0 unspecified atom stereocenters. The minimum absolute atomic E-state index is 0.243. The first-order chi connectivity index (χ1) is 22.5. The zero-order valence-corrected chi connectivity index (χ0v) is 26.9. The van der Waals surface area contributed by atoms with E-state index < -0.39 is 21.8 Å². The van der Waals surface area contributed by atoms with Crippen LogP contribution in [0.4, 0.5) is 22.1 Å². The quantitative estimate of drug-likeness (QED) is 0.220. The number of carbonyl (C=O) groups excluding carboxylic acids is 2. The van der Waals surface area contributed by atoms with E-state index in [1.807, 2.05) is 24.3 Å². The molecule has 5 aromatic rings. The van der Waals surface area contributed by atoms with Crippen molar-refractivity contribution in [2.24, 2.45) is 5.73 Å². The normalized spacial score (nSPS) is 13.4. The Labute approximate surface area is 271 Å². The van der Waals surface area contributed by atoms with Crippen LogP contribution in [0.5, 0.6) is 0 Å². The molecule has 6 rings (SSSR count). The highest BCUT2D eigenvalue weighted by Gasteiger charge is 2.20. The summed E-state index contributed by atoms with van der Waals surface area (Å²) in [7, 11) is -3.37. The highest BCUT2D eigenvalue weighted by molar-refractivity contribution is 7.90. The zero-order valence-electron chi connectivity index (χ0n) is 26.1. The molecule has 1 saturated heterocycles. The molecule has 0 atom stereocenters. The summed E-state index contributed by atoms with van der Waals surface area (Å²) in [6.07, 6.45) is 2.78. The summed E-state index contributed by atoms with van der Waals surface area (Å²) in [5.41, 5.74) is 10.7. The van der Waals surface area contributed by atoms with Crippen LogP contribution in [0.25, 0.3) is 33.4 Å². The van der Waals surface area contributed by atoms with Gasteiger partial charge in [-0.25, -0.2) is 28.2 Å². The van der Waals surface area contributed by atoms with E-state index in [1.165, 1.54) is 6.26 Å². The van der Waals surface area contributed by atoms with E-state index in [1.54, 1.807) is 62.5 Å². The minimum Gasteiger partial charge on any atom is -0.378 e. The van der Waals surface area contributed by atoms with E-state index in [9.17, 15) is 18.0 Å². The van der Waals surface area contributed by atoms with Crippen LogP contribution in [0.15, 0.2) is 77.8 Å². The van der Waals surface area contributed by atoms with Crippen molar-refractivity contribution in [3.63, 3.8) is 0 Å². The van der Waals surface area contributed by atoms with Gasteiger partial charge < -0.3 is 20.7 Å². The van der Waals surface area contributed by atoms with E-state index in [0.717, 1.165) is 27.9 Å². The number of pyridine rings is 1. The number of morpholine rings is 1. The first-order valence-electron chi connectivity index (χ1n) is 14.9. The van der Waals surface area contributed by atoms with Crippen molar-refractivity contribution in [1.82, 2.24) is 15.0 Å². The van der Waals surface area contributed by atoms with Gasteiger partial charge in [0.05, 0.1) is 23.6 Å². The Morgan fingerprint density at radius 3 is 2.32 bits per heavy atom. The molecular weight excluding hydrogens is 618 g/mol. The maximum Gasteiger partial charge on any atom is 0.324 e. The monoisotopic (exact) mass is 651 g/mol. The number of ether oxygens (including phenoxy) is 1. The third-order valence-corrected chi connectivity index (χ3v) is 9.26. The molecule has 3 aromatic carbocycles. The third-order valence-electron chi connectivity index (χ3n) is 8.15. The molecule has 3 heterocycles. The number of fused-ring (bicyclic) bond motifs is 1. The summed E-state index contributed by atoms with van der Waals surface area (Å²) in [5, 5.41) is 6.38. The standard InChI is InChI=1S/C34H33N7O5S/c1-20-21(2)28(11-10-26(20)31(35)42)38-34(43)39-30-12-8-24(19-36-30)32-37-29-18-23(22-5-4-6-25(17-22)47(3,44)45)7-9-27(29)33(40-32)41-13-15-46-16-14-41/h4-12,17-19H,13-16H2,1-3H3,(H2,35,42)(H2,36,38,39,43).